The lowest BCUT2D eigenvalue weighted by atomic mass is 10.3. The summed E-state index contributed by atoms with van der Waals surface area (Å²) in [4.78, 5) is 2.74. The van der Waals surface area contributed by atoms with Gasteiger partial charge in [-0.2, -0.15) is 4.39 Å². The third-order valence-corrected chi connectivity index (χ3v) is 1.45. The summed E-state index contributed by atoms with van der Waals surface area (Å²) in [5.41, 5.74) is -0.810. The average molecular weight is 200 g/mol. The Morgan fingerprint density at radius 3 is 2.42 bits per heavy atom. The highest BCUT2D eigenvalue weighted by atomic mass is 35.5. The minimum Gasteiger partial charge on any atom is -0.205 e. The van der Waals surface area contributed by atoms with E-state index in [1.807, 2.05) is 0 Å². The summed E-state index contributed by atoms with van der Waals surface area (Å²) in [6, 6.07) is 0.329. The van der Waals surface area contributed by atoms with Crippen molar-refractivity contribution in [1.29, 1.82) is 0 Å². The first-order chi connectivity index (χ1) is 5.52. The molecule has 0 amide bonds. The Kier molecular flexibility index (Phi) is 2.52. The van der Waals surface area contributed by atoms with Crippen LogP contribution in [0.25, 0.3) is 0 Å². The monoisotopic (exact) mass is 199 g/mol. The van der Waals surface area contributed by atoms with Gasteiger partial charge in [-0.05, 0) is 6.07 Å². The van der Waals surface area contributed by atoms with Crippen molar-refractivity contribution in [2.45, 2.75) is 6.43 Å². The number of hydrogen-bond acceptors (Lipinski definition) is 1. The fraction of sp³-hybridized carbons (Fsp3) is 0.167. The minimum atomic E-state index is -2.96. The molecule has 1 heterocycles. The van der Waals surface area contributed by atoms with Crippen molar-refractivity contribution in [1.82, 2.24) is 4.98 Å². The average Bonchev–Trinajstić information content (AvgIpc) is 1.96. The maximum Gasteiger partial charge on any atom is 0.266 e. The number of alkyl halides is 2. The Balaban J connectivity index is 3.23. The first-order valence-electron chi connectivity index (χ1n) is 2.82. The van der Waals surface area contributed by atoms with Crippen molar-refractivity contribution in [3.63, 3.8) is 0 Å². The van der Waals surface area contributed by atoms with Crippen LogP contribution in [0, 0.1) is 11.8 Å². The van der Waals surface area contributed by atoms with Crippen LogP contribution < -0.4 is 0 Å². The summed E-state index contributed by atoms with van der Waals surface area (Å²) >= 11 is 5.10. The highest BCUT2D eigenvalue weighted by Crippen LogP contribution is 2.26. The lowest BCUT2D eigenvalue weighted by molar-refractivity contribution is 0.150. The smallest absolute Gasteiger partial charge is 0.205 e. The van der Waals surface area contributed by atoms with Crippen LogP contribution >= 0.6 is 11.6 Å². The quantitative estimate of drug-likeness (QED) is 0.501. The van der Waals surface area contributed by atoms with Gasteiger partial charge in [0.15, 0.2) is 5.82 Å². The first-order valence-corrected chi connectivity index (χ1v) is 3.19. The van der Waals surface area contributed by atoms with Gasteiger partial charge in [-0.3, -0.25) is 0 Å². The van der Waals surface area contributed by atoms with Crippen molar-refractivity contribution in [2.75, 3.05) is 0 Å². The molecule has 0 saturated carbocycles. The van der Waals surface area contributed by atoms with Crippen molar-refractivity contribution >= 4 is 11.6 Å². The summed E-state index contributed by atoms with van der Waals surface area (Å²) < 4.78 is 48.3. The van der Waals surface area contributed by atoms with Gasteiger partial charge in [-0.15, -0.1) is 0 Å². The Hall–Kier alpha value is -0.840. The number of nitrogens with zero attached hydrogens (tertiary/aromatic N) is 1. The molecule has 0 bridgehead atoms. The van der Waals surface area contributed by atoms with Gasteiger partial charge < -0.3 is 0 Å². The summed E-state index contributed by atoms with van der Waals surface area (Å²) in [7, 11) is 0. The molecule has 0 radical (unpaired) electrons. The SMILES string of the molecule is Fc1cc(C(F)F)c(Cl)nc1F. The molecule has 1 aromatic heterocycles. The van der Waals surface area contributed by atoms with Crippen molar-refractivity contribution in [3.05, 3.63) is 28.5 Å². The lowest BCUT2D eigenvalue weighted by Crippen LogP contribution is -1.96. The third-order valence-electron chi connectivity index (χ3n) is 1.15. The fourth-order valence-corrected chi connectivity index (χ4v) is 0.824. The number of halogens is 5. The molecule has 6 heteroatoms. The van der Waals surface area contributed by atoms with E-state index in [0.717, 1.165) is 0 Å². The van der Waals surface area contributed by atoms with Gasteiger partial charge in [0.05, 0.1) is 5.56 Å². The van der Waals surface area contributed by atoms with E-state index in [2.05, 4.69) is 4.98 Å². The van der Waals surface area contributed by atoms with Crippen LogP contribution in [0.3, 0.4) is 0 Å². The van der Waals surface area contributed by atoms with Gasteiger partial charge in [-0.25, -0.2) is 18.2 Å². The molecule has 1 aromatic rings. The number of aromatic nitrogens is 1. The third kappa shape index (κ3) is 1.66. The van der Waals surface area contributed by atoms with Gasteiger partial charge in [0, 0.05) is 0 Å². The van der Waals surface area contributed by atoms with Gasteiger partial charge >= 0.3 is 0 Å². The standard InChI is InChI=1S/C6H2ClF4N/c7-4-2(5(9)10)1-3(8)6(11)12-4/h1,5H. The Morgan fingerprint density at radius 1 is 1.33 bits per heavy atom. The Labute approximate surface area is 70.0 Å². The molecule has 0 aliphatic rings. The predicted octanol–water partition coefficient (Wildman–Crippen LogP) is 2.95. The summed E-state index contributed by atoms with van der Waals surface area (Å²) in [5, 5.41) is -0.719. The van der Waals surface area contributed by atoms with Crippen molar-refractivity contribution in [2.24, 2.45) is 0 Å². The molecule has 0 N–H and O–H groups in total. The molecule has 0 saturated heterocycles. The topological polar surface area (TPSA) is 12.9 Å². The zero-order chi connectivity index (χ0) is 9.30. The molecular formula is C6H2ClF4N. The highest BCUT2D eigenvalue weighted by molar-refractivity contribution is 6.30. The van der Waals surface area contributed by atoms with Gasteiger partial charge in [0.1, 0.15) is 5.15 Å². The van der Waals surface area contributed by atoms with E-state index < -0.39 is 28.9 Å². The Morgan fingerprint density at radius 2 is 1.92 bits per heavy atom. The van der Waals surface area contributed by atoms with Crippen LogP contribution in [0.15, 0.2) is 6.07 Å². The largest absolute Gasteiger partial charge is 0.266 e. The van der Waals surface area contributed by atoms with E-state index >= 15 is 0 Å². The molecule has 0 unspecified atom stereocenters. The van der Waals surface area contributed by atoms with E-state index in [1.165, 1.54) is 0 Å². The molecule has 12 heavy (non-hydrogen) atoms. The van der Waals surface area contributed by atoms with Crippen molar-refractivity contribution in [3.8, 4) is 0 Å². The fourth-order valence-electron chi connectivity index (χ4n) is 0.613. The molecule has 0 aromatic carbocycles. The summed E-state index contributed by atoms with van der Waals surface area (Å²) in [6.07, 6.45) is -2.96. The van der Waals surface area contributed by atoms with Crippen LogP contribution in [0.5, 0.6) is 0 Å². The van der Waals surface area contributed by atoms with Crippen LogP contribution in [0.2, 0.25) is 5.15 Å². The van der Waals surface area contributed by atoms with Gasteiger partial charge in [-0.1, -0.05) is 11.6 Å². The molecule has 0 fully saturated rings. The Bertz CT molecular complexity index is 302. The lowest BCUT2D eigenvalue weighted by Gasteiger charge is -2.01. The van der Waals surface area contributed by atoms with Crippen LogP contribution in [0.1, 0.15) is 12.0 Å². The maximum absolute atomic E-state index is 12.3. The molecule has 0 aliphatic carbocycles. The zero-order valence-electron chi connectivity index (χ0n) is 5.49. The molecular weight excluding hydrogens is 198 g/mol. The predicted molar refractivity (Wildman–Crippen MR) is 34.1 cm³/mol. The second-order valence-electron chi connectivity index (χ2n) is 1.94. The van der Waals surface area contributed by atoms with E-state index in [9.17, 15) is 17.6 Å². The number of rotatable bonds is 1. The van der Waals surface area contributed by atoms with E-state index in [-0.39, 0.29) is 0 Å². The van der Waals surface area contributed by atoms with E-state index in [1.54, 1.807) is 0 Å². The molecule has 1 rings (SSSR count). The van der Waals surface area contributed by atoms with E-state index in [0.29, 0.717) is 6.07 Å². The minimum absolute atomic E-state index is 0.329. The summed E-state index contributed by atoms with van der Waals surface area (Å²) in [6.45, 7) is 0. The van der Waals surface area contributed by atoms with Crippen molar-refractivity contribution < 1.29 is 17.6 Å². The van der Waals surface area contributed by atoms with Gasteiger partial charge in [0.2, 0.25) is 5.95 Å². The molecule has 0 aliphatic heterocycles. The number of hydrogen-bond donors (Lipinski definition) is 0. The molecule has 1 nitrogen and oxygen atoms in total. The van der Waals surface area contributed by atoms with Gasteiger partial charge in [0.25, 0.3) is 6.43 Å². The second-order valence-corrected chi connectivity index (χ2v) is 2.30. The zero-order valence-corrected chi connectivity index (χ0v) is 6.25. The first kappa shape index (κ1) is 9.25. The van der Waals surface area contributed by atoms with Crippen LogP contribution in [-0.4, -0.2) is 4.98 Å². The maximum atomic E-state index is 12.3. The number of pyridine rings is 1. The van der Waals surface area contributed by atoms with Crippen LogP contribution in [-0.2, 0) is 0 Å². The normalized spacial score (nSPS) is 10.8. The molecule has 0 spiro atoms. The van der Waals surface area contributed by atoms with Crippen LogP contribution in [0.4, 0.5) is 17.6 Å². The second kappa shape index (κ2) is 3.26. The molecule has 0 atom stereocenters. The highest BCUT2D eigenvalue weighted by Gasteiger charge is 2.16. The van der Waals surface area contributed by atoms with E-state index in [4.69, 9.17) is 11.6 Å². The molecule has 66 valence electrons. The summed E-state index contributed by atoms with van der Waals surface area (Å²) in [5.74, 6) is -2.92.